The van der Waals surface area contributed by atoms with Crippen molar-refractivity contribution < 1.29 is 13.7 Å². The monoisotopic (exact) mass is 429 g/mol. The molecule has 0 aliphatic carbocycles. The van der Waals surface area contributed by atoms with E-state index < -0.39 is 0 Å². The predicted molar refractivity (Wildman–Crippen MR) is 117 cm³/mol. The molecule has 9 nitrogen and oxygen atoms in total. The number of carbonyl (C=O) groups is 1. The Kier molecular flexibility index (Phi) is 4.78. The molecule has 1 N–H and O–H groups in total. The van der Waals surface area contributed by atoms with Crippen LogP contribution in [0.15, 0.2) is 62.5 Å². The number of aryl methyl sites for hydroxylation is 1. The molecule has 0 bridgehead atoms. The molecule has 4 heterocycles. The van der Waals surface area contributed by atoms with Gasteiger partial charge in [-0.2, -0.15) is 0 Å². The fraction of sp³-hybridized carbons (Fsp3) is 0.174. The number of furan rings is 1. The van der Waals surface area contributed by atoms with Crippen molar-refractivity contribution in [3.05, 3.63) is 76.2 Å². The van der Waals surface area contributed by atoms with E-state index in [9.17, 15) is 9.59 Å². The second-order valence-electron chi connectivity index (χ2n) is 7.33. The Bertz CT molecular complexity index is 1500. The van der Waals surface area contributed by atoms with Crippen molar-refractivity contribution in [2.24, 2.45) is 0 Å². The Hall–Kier alpha value is -4.27. The van der Waals surface area contributed by atoms with Gasteiger partial charge in [0.15, 0.2) is 5.76 Å². The van der Waals surface area contributed by atoms with Crippen LogP contribution in [0, 0.1) is 6.92 Å². The molecule has 5 aromatic rings. The number of para-hydroxylation sites is 1. The van der Waals surface area contributed by atoms with E-state index in [4.69, 9.17) is 8.94 Å². The van der Waals surface area contributed by atoms with Gasteiger partial charge in [0.05, 0.1) is 40.4 Å². The van der Waals surface area contributed by atoms with Crippen LogP contribution in [0.4, 0.5) is 0 Å². The summed E-state index contributed by atoms with van der Waals surface area (Å²) in [6.07, 6.45) is 1.54. The lowest BCUT2D eigenvalue weighted by Crippen LogP contribution is -2.32. The number of hydrogen-bond acceptors (Lipinski definition) is 7. The van der Waals surface area contributed by atoms with Gasteiger partial charge in [0, 0.05) is 6.54 Å². The largest absolute Gasteiger partial charge is 0.463 e. The Labute approximate surface area is 181 Å². The molecule has 0 fully saturated rings. The van der Waals surface area contributed by atoms with Crippen molar-refractivity contribution in [1.29, 1.82) is 0 Å². The summed E-state index contributed by atoms with van der Waals surface area (Å²) in [5.41, 5.74) is 2.02. The Balaban J connectivity index is 1.56. The number of aromatic nitrogens is 4. The summed E-state index contributed by atoms with van der Waals surface area (Å²) in [5.74, 6) is 0.663. The van der Waals surface area contributed by atoms with Gasteiger partial charge in [-0.05, 0) is 44.2 Å². The third kappa shape index (κ3) is 3.33. The number of rotatable bonds is 5. The summed E-state index contributed by atoms with van der Waals surface area (Å²) in [5, 5.41) is 5.03. The molecule has 0 aliphatic heterocycles. The number of H-pyrrole nitrogens is 1. The maximum absolute atomic E-state index is 13.6. The number of aromatic amines is 1. The molecule has 0 aliphatic rings. The van der Waals surface area contributed by atoms with Crippen LogP contribution in [0.5, 0.6) is 0 Å². The van der Waals surface area contributed by atoms with Gasteiger partial charge in [-0.1, -0.05) is 17.3 Å². The van der Waals surface area contributed by atoms with Crippen molar-refractivity contribution in [2.45, 2.75) is 20.4 Å². The van der Waals surface area contributed by atoms with E-state index >= 15 is 0 Å². The average Bonchev–Trinajstić information content (AvgIpc) is 3.47. The summed E-state index contributed by atoms with van der Waals surface area (Å²) in [7, 11) is 0. The molecule has 0 radical (unpaired) electrons. The van der Waals surface area contributed by atoms with E-state index in [1.54, 1.807) is 48.2 Å². The lowest BCUT2D eigenvalue weighted by atomic mass is 10.1. The van der Waals surface area contributed by atoms with E-state index in [1.807, 2.05) is 13.0 Å². The van der Waals surface area contributed by atoms with Gasteiger partial charge in [0.25, 0.3) is 17.2 Å². The standard InChI is InChI=1S/C23H19N5O4/c1-3-28(12-19-24-16-8-5-4-7-14(16)21(29)26-19)23(30)15-11-17(18-9-6-10-31-18)25-22-20(15)13(2)27-32-22/h4-11H,3,12H2,1-2H3,(H,24,26,29). The first-order chi connectivity index (χ1) is 15.5. The van der Waals surface area contributed by atoms with Crippen molar-refractivity contribution in [3.8, 4) is 11.5 Å². The molecule has 0 spiro atoms. The molecule has 5 rings (SSSR count). The van der Waals surface area contributed by atoms with Gasteiger partial charge in [0.1, 0.15) is 11.5 Å². The third-order valence-corrected chi connectivity index (χ3v) is 5.29. The molecule has 0 unspecified atom stereocenters. The average molecular weight is 429 g/mol. The SMILES string of the molecule is CCN(Cc1nc2ccccc2c(=O)[nH]1)C(=O)c1cc(-c2ccco2)nc2onc(C)c12. The highest BCUT2D eigenvalue weighted by molar-refractivity contribution is 6.06. The van der Waals surface area contributed by atoms with Gasteiger partial charge in [-0.3, -0.25) is 9.59 Å². The second-order valence-corrected chi connectivity index (χ2v) is 7.33. The lowest BCUT2D eigenvalue weighted by molar-refractivity contribution is 0.0750. The van der Waals surface area contributed by atoms with Crippen LogP contribution in [-0.2, 0) is 6.54 Å². The van der Waals surface area contributed by atoms with Crippen LogP contribution in [0.1, 0.15) is 28.8 Å². The van der Waals surface area contributed by atoms with Gasteiger partial charge < -0.3 is 18.8 Å². The normalized spacial score (nSPS) is 11.3. The third-order valence-electron chi connectivity index (χ3n) is 5.29. The van der Waals surface area contributed by atoms with Crippen molar-refractivity contribution >= 4 is 27.9 Å². The number of fused-ring (bicyclic) bond motifs is 2. The van der Waals surface area contributed by atoms with Crippen molar-refractivity contribution in [1.82, 2.24) is 25.0 Å². The lowest BCUT2D eigenvalue weighted by Gasteiger charge is -2.21. The van der Waals surface area contributed by atoms with Gasteiger partial charge in [0.2, 0.25) is 0 Å². The number of pyridine rings is 1. The zero-order chi connectivity index (χ0) is 22.2. The highest BCUT2D eigenvalue weighted by Gasteiger charge is 2.24. The summed E-state index contributed by atoms with van der Waals surface area (Å²) in [6, 6.07) is 12.3. The summed E-state index contributed by atoms with van der Waals surface area (Å²) >= 11 is 0. The van der Waals surface area contributed by atoms with Crippen LogP contribution in [-0.4, -0.2) is 37.5 Å². The molecular weight excluding hydrogens is 410 g/mol. The molecule has 32 heavy (non-hydrogen) atoms. The zero-order valence-electron chi connectivity index (χ0n) is 17.5. The molecular formula is C23H19N5O4. The first-order valence-electron chi connectivity index (χ1n) is 10.1. The minimum Gasteiger partial charge on any atom is -0.463 e. The summed E-state index contributed by atoms with van der Waals surface area (Å²) < 4.78 is 10.8. The quantitative estimate of drug-likeness (QED) is 0.453. The number of nitrogens with one attached hydrogen (secondary N) is 1. The topological polar surface area (TPSA) is 118 Å². The van der Waals surface area contributed by atoms with E-state index in [0.717, 1.165) is 0 Å². The van der Waals surface area contributed by atoms with E-state index in [2.05, 4.69) is 20.1 Å². The highest BCUT2D eigenvalue weighted by Crippen LogP contribution is 2.28. The van der Waals surface area contributed by atoms with Crippen LogP contribution < -0.4 is 5.56 Å². The van der Waals surface area contributed by atoms with Crippen molar-refractivity contribution in [2.75, 3.05) is 6.54 Å². The second kappa shape index (κ2) is 7.77. The zero-order valence-corrected chi connectivity index (χ0v) is 17.5. The molecule has 0 atom stereocenters. The Morgan fingerprint density at radius 2 is 2.00 bits per heavy atom. The molecule has 9 heteroatoms. The fourth-order valence-electron chi connectivity index (χ4n) is 3.70. The summed E-state index contributed by atoms with van der Waals surface area (Å²) in [4.78, 5) is 39.4. The van der Waals surface area contributed by atoms with E-state index in [-0.39, 0.29) is 23.7 Å². The van der Waals surface area contributed by atoms with Crippen molar-refractivity contribution in [3.63, 3.8) is 0 Å². The summed E-state index contributed by atoms with van der Waals surface area (Å²) in [6.45, 7) is 4.16. The molecule has 0 saturated carbocycles. The smallest absolute Gasteiger partial charge is 0.259 e. The van der Waals surface area contributed by atoms with Crippen LogP contribution in [0.3, 0.4) is 0 Å². The molecule has 160 valence electrons. The number of hydrogen-bond donors (Lipinski definition) is 1. The van der Waals surface area contributed by atoms with Crippen LogP contribution in [0.2, 0.25) is 0 Å². The number of nitrogens with zero attached hydrogens (tertiary/aromatic N) is 4. The number of carbonyl (C=O) groups excluding carboxylic acids is 1. The predicted octanol–water partition coefficient (Wildman–Crippen LogP) is 3.69. The molecule has 4 aromatic heterocycles. The Morgan fingerprint density at radius 3 is 2.78 bits per heavy atom. The van der Waals surface area contributed by atoms with Gasteiger partial charge in [-0.25, -0.2) is 9.97 Å². The van der Waals surface area contributed by atoms with E-state index in [0.29, 0.717) is 51.4 Å². The van der Waals surface area contributed by atoms with Gasteiger partial charge >= 0.3 is 0 Å². The maximum Gasteiger partial charge on any atom is 0.259 e. The number of benzene rings is 1. The fourth-order valence-corrected chi connectivity index (χ4v) is 3.70. The first-order valence-corrected chi connectivity index (χ1v) is 10.1. The number of amides is 1. The van der Waals surface area contributed by atoms with E-state index in [1.165, 1.54) is 6.26 Å². The minimum atomic E-state index is -0.255. The van der Waals surface area contributed by atoms with Crippen LogP contribution >= 0.6 is 0 Å². The molecule has 1 aromatic carbocycles. The maximum atomic E-state index is 13.6. The Morgan fingerprint density at radius 1 is 1.16 bits per heavy atom. The molecule has 0 saturated heterocycles. The minimum absolute atomic E-state index is 0.139. The first kappa shape index (κ1) is 19.7. The van der Waals surface area contributed by atoms with Gasteiger partial charge in [-0.15, -0.1) is 0 Å². The van der Waals surface area contributed by atoms with Crippen LogP contribution in [0.25, 0.3) is 33.5 Å². The molecule has 1 amide bonds. The highest BCUT2D eigenvalue weighted by atomic mass is 16.5.